The number of aliphatic hydroxyl groups excluding tert-OH is 4. The van der Waals surface area contributed by atoms with E-state index in [4.69, 9.17) is 14.5 Å². The van der Waals surface area contributed by atoms with Crippen molar-refractivity contribution in [1.82, 2.24) is 36.6 Å². The number of urea groups is 1. The number of rotatable bonds is 24. The lowest BCUT2D eigenvalue weighted by Crippen LogP contribution is -2.64. The van der Waals surface area contributed by atoms with Crippen LogP contribution in [0.5, 0.6) is 5.88 Å². The maximum atomic E-state index is 13.8. The number of hydrogen-bond donors (Lipinski definition) is 11. The molecule has 2 aromatic heterocycles. The molecule has 0 bridgehead atoms. The first-order chi connectivity index (χ1) is 35.4. The van der Waals surface area contributed by atoms with Gasteiger partial charge >= 0.3 is 6.03 Å². The smallest absolute Gasteiger partial charge is 0.316 e. The summed E-state index contributed by atoms with van der Waals surface area (Å²) in [5.41, 5.74) is 6.06. The quantitative estimate of drug-likeness (QED) is 0.0183. The number of nitrogens with zero attached hydrogens (tertiary/aromatic N) is 3. The van der Waals surface area contributed by atoms with Crippen LogP contribution in [0.1, 0.15) is 55.5 Å². The second-order valence-corrected chi connectivity index (χ2v) is 19.4. The van der Waals surface area contributed by atoms with Gasteiger partial charge in [0.1, 0.15) is 41.2 Å². The summed E-state index contributed by atoms with van der Waals surface area (Å²) in [4.78, 5) is 61.7. The van der Waals surface area contributed by atoms with Gasteiger partial charge < -0.3 is 56.5 Å². The van der Waals surface area contributed by atoms with E-state index in [2.05, 4.69) is 42.1 Å². The van der Waals surface area contributed by atoms with Crippen LogP contribution in [0.2, 0.25) is 0 Å². The number of ether oxygens (including phenoxy) is 2. The van der Waals surface area contributed by atoms with Gasteiger partial charge in [-0.05, 0) is 60.1 Å². The van der Waals surface area contributed by atoms with Crippen LogP contribution >= 0.6 is 0 Å². The van der Waals surface area contributed by atoms with Crippen LogP contribution in [0.3, 0.4) is 0 Å². The summed E-state index contributed by atoms with van der Waals surface area (Å²) in [6, 6.07) is 30.0. The number of nitrogens with one attached hydrogen (secondary N) is 6. The molecule has 1 aliphatic rings. The van der Waals surface area contributed by atoms with Gasteiger partial charge in [-0.1, -0.05) is 92.7 Å². The zero-order valence-electron chi connectivity index (χ0n) is 40.6. The second-order valence-electron chi connectivity index (χ2n) is 18.0. The predicted octanol–water partition coefficient (Wildman–Crippen LogP) is 2.60. The van der Waals surface area contributed by atoms with E-state index in [0.717, 1.165) is 35.0 Å². The molecular formula is C51H61N9O13S. The number of hydrogen-bond acceptors (Lipinski definition) is 16. The Hall–Kier alpha value is -7.38. The fourth-order valence-electron chi connectivity index (χ4n) is 7.63. The van der Waals surface area contributed by atoms with Crippen LogP contribution in [-0.4, -0.2) is 143 Å². The van der Waals surface area contributed by atoms with Crippen molar-refractivity contribution in [3.8, 4) is 28.3 Å². The van der Waals surface area contributed by atoms with Gasteiger partial charge in [0, 0.05) is 43.0 Å². The van der Waals surface area contributed by atoms with Gasteiger partial charge in [0.15, 0.2) is 6.23 Å². The number of carbonyl (C=O) groups is 4. The molecule has 3 aromatic carbocycles. The highest BCUT2D eigenvalue weighted by Crippen LogP contribution is 2.29. The van der Waals surface area contributed by atoms with Crippen molar-refractivity contribution >= 4 is 45.9 Å². The highest BCUT2D eigenvalue weighted by atomic mass is 32.2. The van der Waals surface area contributed by atoms with Crippen LogP contribution in [-0.2, 0) is 24.4 Å². The summed E-state index contributed by atoms with van der Waals surface area (Å²) < 4.78 is 44.4. The molecule has 5 aromatic rings. The predicted molar refractivity (Wildman–Crippen MR) is 272 cm³/mol. The standard InChI is InChI=1S/C51H61N9O13S/c1-51(2,21-11-12-24-72-43-26-36(32-13-5-3-6-14-32)25-37(57-43)33-15-7-4-8-16-33)31-55-48(67)38(27-42(62)52-22-23-53-50(68)59-49-46(65)45(64)44(63)39(30-61)73-49)58-47(66)35-19-20-41(54-28-35)60-56-29-34-17-9-10-18-40(34)74(69,70)71/h3-10,13-20,25-26,28-29,38-39,44-46,49,61,63-65H,11-12,21-24,27,30-31H2,1-2H3,(H,52,62)(H,54,60)(H,55,67)(H,58,66)(H2,53,59,68)(H,69,70,71)/b56-29+/t38?,39-,44+,45+,46+,49-/m0/s1. The maximum absolute atomic E-state index is 13.8. The highest BCUT2D eigenvalue weighted by Gasteiger charge is 2.44. The fraction of sp³-hybridized carbons (Fsp3) is 0.353. The number of unbranched alkanes of at least 4 members (excludes halogenated alkanes) is 1. The molecule has 1 unspecified atom stereocenters. The van der Waals surface area contributed by atoms with E-state index in [1.54, 1.807) is 6.07 Å². The van der Waals surface area contributed by atoms with Crippen LogP contribution in [0.25, 0.3) is 22.4 Å². The van der Waals surface area contributed by atoms with Gasteiger partial charge in [0.25, 0.3) is 16.0 Å². The van der Waals surface area contributed by atoms with E-state index in [9.17, 15) is 52.6 Å². The van der Waals surface area contributed by atoms with Gasteiger partial charge in [0.2, 0.25) is 17.7 Å². The van der Waals surface area contributed by atoms with Crippen molar-refractivity contribution < 1.29 is 62.0 Å². The molecule has 0 aliphatic carbocycles. The first-order valence-electron chi connectivity index (χ1n) is 23.7. The van der Waals surface area contributed by atoms with Gasteiger partial charge in [-0.3, -0.25) is 24.4 Å². The maximum Gasteiger partial charge on any atom is 0.316 e. The molecule has 0 saturated carbocycles. The van der Waals surface area contributed by atoms with Gasteiger partial charge in [-0.15, -0.1) is 0 Å². The first-order valence-corrected chi connectivity index (χ1v) is 25.1. The number of anilines is 1. The molecule has 1 aliphatic heterocycles. The Morgan fingerprint density at radius 2 is 1.51 bits per heavy atom. The first kappa shape index (κ1) is 55.9. The monoisotopic (exact) mass is 1040 g/mol. The minimum absolute atomic E-state index is 0.0184. The number of aromatic nitrogens is 2. The third-order valence-electron chi connectivity index (χ3n) is 11.7. The molecule has 0 radical (unpaired) electrons. The highest BCUT2D eigenvalue weighted by molar-refractivity contribution is 7.86. The van der Waals surface area contributed by atoms with E-state index in [0.29, 0.717) is 25.3 Å². The molecule has 3 heterocycles. The number of pyridine rings is 2. The Morgan fingerprint density at radius 3 is 2.20 bits per heavy atom. The molecule has 1 saturated heterocycles. The number of benzene rings is 3. The summed E-state index contributed by atoms with van der Waals surface area (Å²) in [6.45, 7) is 3.57. The zero-order chi connectivity index (χ0) is 53.3. The Bertz CT molecular complexity index is 2750. The summed E-state index contributed by atoms with van der Waals surface area (Å²) in [5, 5.41) is 56.4. The Balaban J connectivity index is 1.03. The third kappa shape index (κ3) is 16.6. The molecule has 394 valence electrons. The Labute approximate surface area is 427 Å². The Kier molecular flexibility index (Phi) is 20.1. The van der Waals surface area contributed by atoms with Gasteiger partial charge in [-0.2, -0.15) is 13.5 Å². The lowest BCUT2D eigenvalue weighted by molar-refractivity contribution is -0.233. The molecule has 6 rings (SSSR count). The lowest BCUT2D eigenvalue weighted by Gasteiger charge is -2.40. The normalized spacial score (nSPS) is 18.2. The van der Waals surface area contributed by atoms with Crippen molar-refractivity contribution in [2.75, 3.05) is 38.3 Å². The minimum Gasteiger partial charge on any atom is -0.478 e. The number of carbonyl (C=O) groups excluding carboxylic acids is 4. The average molecular weight is 1040 g/mol. The van der Waals surface area contributed by atoms with E-state index < -0.39 is 89.0 Å². The summed E-state index contributed by atoms with van der Waals surface area (Å²) >= 11 is 0. The van der Waals surface area contributed by atoms with Gasteiger partial charge in [0.05, 0.1) is 37.1 Å². The molecule has 23 heteroatoms. The number of hydrazone groups is 1. The van der Waals surface area contributed by atoms with Crippen molar-refractivity contribution in [3.63, 3.8) is 0 Å². The van der Waals surface area contributed by atoms with E-state index in [-0.39, 0.29) is 41.5 Å². The van der Waals surface area contributed by atoms with Gasteiger partial charge in [-0.25, -0.2) is 14.8 Å². The van der Waals surface area contributed by atoms with Crippen molar-refractivity contribution in [3.05, 3.63) is 127 Å². The number of amides is 5. The Morgan fingerprint density at radius 1 is 0.824 bits per heavy atom. The van der Waals surface area contributed by atoms with Crippen molar-refractivity contribution in [2.24, 2.45) is 10.5 Å². The van der Waals surface area contributed by atoms with Crippen LogP contribution < -0.4 is 36.7 Å². The number of aliphatic hydroxyl groups is 4. The topological polar surface area (TPSA) is 332 Å². The van der Waals surface area contributed by atoms with E-state index >= 15 is 0 Å². The molecule has 0 spiro atoms. The van der Waals surface area contributed by atoms with Crippen molar-refractivity contribution in [2.45, 2.75) is 81.1 Å². The lowest BCUT2D eigenvalue weighted by atomic mass is 9.87. The minimum atomic E-state index is -4.51. The molecular weight excluding hydrogens is 979 g/mol. The summed E-state index contributed by atoms with van der Waals surface area (Å²) in [5.74, 6) is -1.39. The van der Waals surface area contributed by atoms with Crippen molar-refractivity contribution in [1.29, 1.82) is 0 Å². The fourth-order valence-corrected chi connectivity index (χ4v) is 8.29. The second kappa shape index (κ2) is 26.5. The molecule has 6 atom stereocenters. The third-order valence-corrected chi connectivity index (χ3v) is 12.7. The molecule has 5 amide bonds. The van der Waals surface area contributed by atoms with Crippen LogP contribution in [0.15, 0.2) is 125 Å². The van der Waals surface area contributed by atoms with E-state index in [1.165, 1.54) is 36.5 Å². The summed E-state index contributed by atoms with van der Waals surface area (Å²) in [7, 11) is -4.51. The molecule has 74 heavy (non-hydrogen) atoms. The molecule has 1 fully saturated rings. The largest absolute Gasteiger partial charge is 0.478 e. The van der Waals surface area contributed by atoms with Crippen LogP contribution in [0, 0.1) is 5.41 Å². The SMILES string of the molecule is CC(C)(CCCCOc1cc(-c2ccccc2)cc(-c2ccccc2)n1)CNC(=O)C(CC(=O)NCCNC(=O)N[C@H]1O[C@@H](CO)[C@@H](O)[C@@H](O)[C@H]1O)NC(=O)c1ccc(N/N=C/c2ccccc2S(=O)(=O)O)nc1. The average Bonchev–Trinajstić information content (AvgIpc) is 3.39. The summed E-state index contributed by atoms with van der Waals surface area (Å²) in [6.07, 6.45) is -3.78. The molecule has 11 N–H and O–H groups in total. The van der Waals surface area contributed by atoms with Crippen LogP contribution in [0.4, 0.5) is 10.6 Å². The zero-order valence-corrected chi connectivity index (χ0v) is 41.4. The molecule has 22 nitrogen and oxygen atoms in total. The van der Waals surface area contributed by atoms with E-state index in [1.807, 2.05) is 86.6 Å².